The highest BCUT2D eigenvalue weighted by Gasteiger charge is 2.25. The first-order valence-corrected chi connectivity index (χ1v) is 12.2. The van der Waals surface area contributed by atoms with Crippen molar-refractivity contribution in [1.82, 2.24) is 9.21 Å². The third-order valence-corrected chi connectivity index (χ3v) is 7.44. The highest BCUT2D eigenvalue weighted by atomic mass is 32.2. The van der Waals surface area contributed by atoms with Crippen LogP contribution in [0.25, 0.3) is 11.1 Å². The van der Waals surface area contributed by atoms with Gasteiger partial charge in [0.2, 0.25) is 10.0 Å². The van der Waals surface area contributed by atoms with E-state index < -0.39 is 15.7 Å². The van der Waals surface area contributed by atoms with Crippen molar-refractivity contribution in [2.45, 2.75) is 37.3 Å². The largest absolute Gasteiger partial charge is 0.493 e. The van der Waals surface area contributed by atoms with E-state index in [-0.39, 0.29) is 4.90 Å². The minimum atomic E-state index is -3.42. The van der Waals surface area contributed by atoms with Crippen molar-refractivity contribution >= 4 is 10.0 Å². The molecule has 0 saturated carbocycles. The van der Waals surface area contributed by atoms with E-state index in [0.717, 1.165) is 42.8 Å². The number of piperidine rings is 1. The zero-order valence-corrected chi connectivity index (χ0v) is 19.7. The molecular formula is C24H33FN2O3S. The topological polar surface area (TPSA) is 49.9 Å². The first-order chi connectivity index (χ1) is 14.5. The van der Waals surface area contributed by atoms with Crippen LogP contribution in [0.3, 0.4) is 0 Å². The van der Waals surface area contributed by atoms with Crippen molar-refractivity contribution < 1.29 is 17.5 Å². The fourth-order valence-electron chi connectivity index (χ4n) is 3.83. The van der Waals surface area contributed by atoms with Crippen molar-refractivity contribution in [1.29, 1.82) is 0 Å². The minimum absolute atomic E-state index is 0.280. The number of alkyl halides is 1. The zero-order valence-electron chi connectivity index (χ0n) is 18.8. The lowest BCUT2D eigenvalue weighted by Crippen LogP contribution is -2.41. The van der Waals surface area contributed by atoms with Crippen LogP contribution in [-0.2, 0) is 10.0 Å². The SMILES string of the molecule is CN(C)S(=O)(=O)c1ccc(-c2ccc(OCC3CCN(CC(C)(C)F)CC3)cc2)cc1. The second-order valence-electron chi connectivity index (χ2n) is 9.09. The number of benzene rings is 2. The van der Waals surface area contributed by atoms with Crippen LogP contribution in [-0.4, -0.2) is 63.6 Å². The van der Waals surface area contributed by atoms with Gasteiger partial charge in [0.1, 0.15) is 11.4 Å². The molecule has 0 atom stereocenters. The predicted molar refractivity (Wildman–Crippen MR) is 123 cm³/mol. The number of nitrogens with zero attached hydrogens (tertiary/aromatic N) is 2. The summed E-state index contributed by atoms with van der Waals surface area (Å²) in [7, 11) is -0.374. The lowest BCUT2D eigenvalue weighted by atomic mass is 9.97. The quantitative estimate of drug-likeness (QED) is 0.599. The van der Waals surface area contributed by atoms with Crippen molar-refractivity contribution in [3.8, 4) is 16.9 Å². The van der Waals surface area contributed by atoms with Gasteiger partial charge in [-0.3, -0.25) is 0 Å². The van der Waals surface area contributed by atoms with Gasteiger partial charge in [0.05, 0.1) is 11.5 Å². The molecule has 1 aliphatic rings. The Hall–Kier alpha value is -1.96. The van der Waals surface area contributed by atoms with Crippen molar-refractivity contribution in [2.75, 3.05) is 40.3 Å². The average molecular weight is 449 g/mol. The maximum atomic E-state index is 13.8. The van der Waals surface area contributed by atoms with Gasteiger partial charge in [0.25, 0.3) is 0 Å². The summed E-state index contributed by atoms with van der Waals surface area (Å²) >= 11 is 0. The van der Waals surface area contributed by atoms with Gasteiger partial charge in [-0.05, 0) is 81.1 Å². The molecule has 0 aliphatic carbocycles. The molecule has 0 aromatic heterocycles. The Morgan fingerprint density at radius 2 is 1.52 bits per heavy atom. The fraction of sp³-hybridized carbons (Fsp3) is 0.500. The van der Waals surface area contributed by atoms with E-state index in [4.69, 9.17) is 4.74 Å². The number of hydrogen-bond acceptors (Lipinski definition) is 4. The number of sulfonamides is 1. The molecule has 1 saturated heterocycles. The van der Waals surface area contributed by atoms with Gasteiger partial charge in [-0.2, -0.15) is 0 Å². The molecule has 2 aromatic carbocycles. The van der Waals surface area contributed by atoms with Gasteiger partial charge in [-0.15, -0.1) is 0 Å². The van der Waals surface area contributed by atoms with E-state index in [2.05, 4.69) is 4.90 Å². The number of halogens is 1. The molecule has 1 aliphatic heterocycles. The van der Waals surface area contributed by atoms with Gasteiger partial charge in [-0.1, -0.05) is 24.3 Å². The highest BCUT2D eigenvalue weighted by Crippen LogP contribution is 2.26. The van der Waals surface area contributed by atoms with Crippen LogP contribution in [0.4, 0.5) is 4.39 Å². The second-order valence-corrected chi connectivity index (χ2v) is 11.2. The first-order valence-electron chi connectivity index (χ1n) is 10.7. The maximum Gasteiger partial charge on any atom is 0.242 e. The van der Waals surface area contributed by atoms with Crippen LogP contribution in [0.5, 0.6) is 5.75 Å². The van der Waals surface area contributed by atoms with Crippen LogP contribution >= 0.6 is 0 Å². The molecule has 0 N–H and O–H groups in total. The number of likely N-dealkylation sites (tertiary alicyclic amines) is 1. The Morgan fingerprint density at radius 3 is 2.00 bits per heavy atom. The van der Waals surface area contributed by atoms with Crippen LogP contribution in [0.2, 0.25) is 0 Å². The lowest BCUT2D eigenvalue weighted by Gasteiger charge is -2.34. The summed E-state index contributed by atoms with van der Waals surface area (Å²) in [5, 5.41) is 0. The summed E-state index contributed by atoms with van der Waals surface area (Å²) in [5.74, 6) is 1.31. The lowest BCUT2D eigenvalue weighted by molar-refractivity contribution is 0.0836. The molecule has 0 amide bonds. The Bertz CT molecular complexity index is 944. The molecule has 0 spiro atoms. The standard InChI is InChI=1S/C24H33FN2O3S/c1-24(2,25)18-27-15-13-19(14-16-27)17-30-22-9-5-20(6-10-22)21-7-11-23(12-8-21)31(28,29)26(3)4/h5-12,19H,13-18H2,1-4H3. The van der Waals surface area contributed by atoms with E-state index in [1.807, 2.05) is 36.4 Å². The number of hydrogen-bond donors (Lipinski definition) is 0. The zero-order chi connectivity index (χ0) is 22.6. The van der Waals surface area contributed by atoms with Gasteiger partial charge < -0.3 is 9.64 Å². The molecular weight excluding hydrogens is 415 g/mol. The van der Waals surface area contributed by atoms with Gasteiger partial charge in [0, 0.05) is 20.6 Å². The summed E-state index contributed by atoms with van der Waals surface area (Å²) in [6, 6.07) is 14.8. The molecule has 3 rings (SSSR count). The molecule has 1 heterocycles. The van der Waals surface area contributed by atoms with Crippen molar-refractivity contribution in [3.63, 3.8) is 0 Å². The van der Waals surface area contributed by atoms with Gasteiger partial charge >= 0.3 is 0 Å². The van der Waals surface area contributed by atoms with E-state index in [9.17, 15) is 12.8 Å². The third-order valence-electron chi connectivity index (χ3n) is 5.61. The van der Waals surface area contributed by atoms with Crippen LogP contribution in [0.1, 0.15) is 26.7 Å². The molecule has 2 aromatic rings. The summed E-state index contributed by atoms with van der Waals surface area (Å²) in [5.41, 5.74) is 0.808. The Kier molecular flexibility index (Phi) is 7.39. The summed E-state index contributed by atoms with van der Waals surface area (Å²) < 4.78 is 45.4. The van der Waals surface area contributed by atoms with Gasteiger partial charge in [0.15, 0.2) is 0 Å². The number of rotatable bonds is 8. The third kappa shape index (κ3) is 6.51. The predicted octanol–water partition coefficient (Wildman–Crippen LogP) is 4.44. The normalized spacial score (nSPS) is 16.6. The number of ether oxygens (including phenoxy) is 1. The summed E-state index contributed by atoms with van der Waals surface area (Å²) in [4.78, 5) is 2.47. The minimum Gasteiger partial charge on any atom is -0.493 e. The average Bonchev–Trinajstić information content (AvgIpc) is 2.72. The van der Waals surface area contributed by atoms with E-state index >= 15 is 0 Å². The second kappa shape index (κ2) is 9.67. The molecule has 1 fully saturated rings. The molecule has 31 heavy (non-hydrogen) atoms. The smallest absolute Gasteiger partial charge is 0.242 e. The monoisotopic (exact) mass is 448 g/mol. The molecule has 170 valence electrons. The Morgan fingerprint density at radius 1 is 1.00 bits per heavy atom. The molecule has 0 unspecified atom stereocenters. The summed E-state index contributed by atoms with van der Waals surface area (Å²) in [6.07, 6.45) is 2.05. The Labute approximate surface area is 185 Å². The van der Waals surface area contributed by atoms with E-state index in [0.29, 0.717) is 19.1 Å². The van der Waals surface area contributed by atoms with E-state index in [1.165, 1.54) is 18.4 Å². The van der Waals surface area contributed by atoms with Crippen LogP contribution < -0.4 is 4.74 Å². The molecule has 0 radical (unpaired) electrons. The fourth-order valence-corrected chi connectivity index (χ4v) is 4.73. The summed E-state index contributed by atoms with van der Waals surface area (Å²) in [6.45, 7) is 6.25. The van der Waals surface area contributed by atoms with Gasteiger partial charge in [-0.25, -0.2) is 17.1 Å². The molecule has 7 heteroatoms. The van der Waals surface area contributed by atoms with Crippen LogP contribution in [0, 0.1) is 5.92 Å². The maximum absolute atomic E-state index is 13.8. The molecule has 0 bridgehead atoms. The Balaban J connectivity index is 1.52. The highest BCUT2D eigenvalue weighted by molar-refractivity contribution is 7.89. The van der Waals surface area contributed by atoms with Crippen molar-refractivity contribution in [3.05, 3.63) is 48.5 Å². The van der Waals surface area contributed by atoms with E-state index in [1.54, 1.807) is 26.0 Å². The molecule has 5 nitrogen and oxygen atoms in total. The van der Waals surface area contributed by atoms with Crippen molar-refractivity contribution in [2.24, 2.45) is 5.92 Å². The first kappa shape index (κ1) is 23.7. The van der Waals surface area contributed by atoms with Crippen LogP contribution in [0.15, 0.2) is 53.4 Å².